The lowest BCUT2D eigenvalue weighted by molar-refractivity contribution is -0.120. The van der Waals surface area contributed by atoms with Gasteiger partial charge in [0.15, 0.2) is 6.61 Å². The summed E-state index contributed by atoms with van der Waals surface area (Å²) in [5.41, 5.74) is 6.03. The third-order valence-corrected chi connectivity index (χ3v) is 3.88. The van der Waals surface area contributed by atoms with E-state index in [1.807, 2.05) is 12.4 Å². The fraction of sp³-hybridized carbons (Fsp3) is 0.600. The second-order valence-corrected chi connectivity index (χ2v) is 5.60. The maximum atomic E-state index is 11.4. The van der Waals surface area contributed by atoms with Crippen molar-refractivity contribution in [2.24, 2.45) is 11.7 Å². The predicted molar refractivity (Wildman–Crippen MR) is 84.9 cm³/mol. The van der Waals surface area contributed by atoms with Gasteiger partial charge in [-0.15, -0.1) is 0 Å². The van der Waals surface area contributed by atoms with Gasteiger partial charge in [-0.1, -0.05) is 6.92 Å². The van der Waals surface area contributed by atoms with E-state index in [0.29, 0.717) is 12.5 Å². The number of carbonyl (C=O) groups excluding carboxylic acids is 2. The molecule has 1 fully saturated rings. The lowest BCUT2D eigenvalue weighted by Crippen LogP contribution is -2.39. The molecule has 0 aliphatic carbocycles. The molecule has 0 radical (unpaired) electrons. The van der Waals surface area contributed by atoms with E-state index in [1.54, 1.807) is 0 Å². The Kier molecular flexibility index (Phi) is 6.13. The van der Waals surface area contributed by atoms with Crippen LogP contribution in [0, 0.1) is 5.92 Å². The predicted octanol–water partition coefficient (Wildman–Crippen LogP) is 0.467. The van der Waals surface area contributed by atoms with Crippen LogP contribution in [0.2, 0.25) is 0 Å². The van der Waals surface area contributed by atoms with Crippen LogP contribution >= 0.6 is 0 Å². The van der Waals surface area contributed by atoms with Crippen molar-refractivity contribution in [1.82, 2.24) is 15.3 Å². The molecule has 3 N–H and O–H groups in total. The number of carbonyl (C=O) groups is 2. The summed E-state index contributed by atoms with van der Waals surface area (Å²) in [7, 11) is 0. The average Bonchev–Trinajstić information content (AvgIpc) is 2.58. The minimum absolute atomic E-state index is 0.377. The van der Waals surface area contributed by atoms with Crippen LogP contribution in [0.4, 0.5) is 10.7 Å². The van der Waals surface area contributed by atoms with E-state index >= 15 is 0 Å². The van der Waals surface area contributed by atoms with Gasteiger partial charge >= 0.3 is 6.09 Å². The number of rotatable bonds is 6. The van der Waals surface area contributed by atoms with Crippen LogP contribution in [0.3, 0.4) is 0 Å². The fourth-order valence-electron chi connectivity index (χ4n) is 2.45. The number of hydrogen-bond donors (Lipinski definition) is 2. The molecule has 1 aliphatic rings. The number of nitrogens with one attached hydrogen (secondary N) is 1. The molecule has 8 nitrogen and oxygen atoms in total. The molecule has 2 amide bonds. The van der Waals surface area contributed by atoms with Crippen molar-refractivity contribution >= 4 is 17.9 Å². The smallest absolute Gasteiger partial charge is 0.407 e. The van der Waals surface area contributed by atoms with Crippen molar-refractivity contribution in [2.45, 2.75) is 26.2 Å². The van der Waals surface area contributed by atoms with E-state index in [-0.39, 0.29) is 0 Å². The maximum Gasteiger partial charge on any atom is 0.407 e. The van der Waals surface area contributed by atoms with E-state index in [9.17, 15) is 9.59 Å². The number of anilines is 1. The van der Waals surface area contributed by atoms with Crippen molar-refractivity contribution in [3.05, 3.63) is 18.0 Å². The fourth-order valence-corrected chi connectivity index (χ4v) is 2.45. The highest BCUT2D eigenvalue weighted by atomic mass is 16.6. The number of amides is 2. The Balaban J connectivity index is 1.71. The first-order valence-electron chi connectivity index (χ1n) is 7.83. The van der Waals surface area contributed by atoms with Gasteiger partial charge in [0, 0.05) is 32.0 Å². The van der Waals surface area contributed by atoms with Crippen molar-refractivity contribution < 1.29 is 14.3 Å². The van der Waals surface area contributed by atoms with E-state index in [4.69, 9.17) is 5.73 Å². The summed E-state index contributed by atoms with van der Waals surface area (Å²) < 4.78 is 4.65. The molecule has 2 rings (SSSR count). The quantitative estimate of drug-likeness (QED) is 0.788. The summed E-state index contributed by atoms with van der Waals surface area (Å²) in [5, 5.41) is 2.66. The number of nitrogens with zero attached hydrogens (tertiary/aromatic N) is 3. The zero-order valence-corrected chi connectivity index (χ0v) is 13.3. The van der Waals surface area contributed by atoms with E-state index < -0.39 is 18.6 Å². The standard InChI is InChI=1S/C15H23N5O3/c1-2-11-7-17-14(18-8-11)20-5-3-12(4-6-20)9-19-15(22)23-10-13(16)21/h7-8,12H,2-6,9-10H2,1H3,(H2,16,21)(H,19,22). The van der Waals surface area contributed by atoms with Crippen LogP contribution in [0.5, 0.6) is 0 Å². The number of nitrogens with two attached hydrogens (primary N) is 1. The highest BCUT2D eigenvalue weighted by Gasteiger charge is 2.21. The number of piperidine rings is 1. The molecule has 0 atom stereocenters. The number of primary amides is 1. The molecule has 0 saturated carbocycles. The number of aryl methyl sites for hydroxylation is 1. The second-order valence-electron chi connectivity index (χ2n) is 5.60. The summed E-state index contributed by atoms with van der Waals surface area (Å²) in [5.74, 6) is 0.472. The first-order valence-corrected chi connectivity index (χ1v) is 7.83. The zero-order valence-electron chi connectivity index (χ0n) is 13.3. The van der Waals surface area contributed by atoms with Gasteiger partial charge < -0.3 is 20.7 Å². The van der Waals surface area contributed by atoms with Gasteiger partial charge in [0.1, 0.15) is 0 Å². The highest BCUT2D eigenvalue weighted by molar-refractivity contribution is 5.78. The third kappa shape index (κ3) is 5.39. The maximum absolute atomic E-state index is 11.4. The van der Waals surface area contributed by atoms with Crippen molar-refractivity contribution in [3.63, 3.8) is 0 Å². The molecule has 126 valence electrons. The largest absolute Gasteiger partial charge is 0.439 e. The Morgan fingerprint density at radius 3 is 2.57 bits per heavy atom. The Morgan fingerprint density at radius 2 is 2.00 bits per heavy atom. The summed E-state index contributed by atoms with van der Waals surface area (Å²) >= 11 is 0. The Morgan fingerprint density at radius 1 is 1.35 bits per heavy atom. The summed E-state index contributed by atoms with van der Waals surface area (Å²) in [6.45, 7) is 3.92. The first-order chi connectivity index (χ1) is 11.1. The third-order valence-electron chi connectivity index (χ3n) is 3.88. The monoisotopic (exact) mass is 321 g/mol. The van der Waals surface area contributed by atoms with E-state index in [0.717, 1.165) is 43.9 Å². The molecule has 23 heavy (non-hydrogen) atoms. The zero-order chi connectivity index (χ0) is 16.7. The molecule has 8 heteroatoms. The molecule has 1 aromatic heterocycles. The van der Waals surface area contributed by atoms with Crippen LogP contribution in [0.15, 0.2) is 12.4 Å². The normalized spacial score (nSPS) is 15.3. The molecule has 2 heterocycles. The lowest BCUT2D eigenvalue weighted by Gasteiger charge is -2.31. The minimum atomic E-state index is -0.664. The van der Waals surface area contributed by atoms with Crippen LogP contribution in [0.25, 0.3) is 0 Å². The number of hydrogen-bond acceptors (Lipinski definition) is 6. The Hall–Kier alpha value is -2.38. The average molecular weight is 321 g/mol. The Bertz CT molecular complexity index is 526. The number of aromatic nitrogens is 2. The molecule has 1 aliphatic heterocycles. The summed E-state index contributed by atoms with van der Waals surface area (Å²) in [6, 6.07) is 0. The topological polar surface area (TPSA) is 110 Å². The van der Waals surface area contributed by atoms with E-state index in [2.05, 4.69) is 31.8 Å². The van der Waals surface area contributed by atoms with Gasteiger partial charge in [-0.05, 0) is 30.7 Å². The molecule has 0 spiro atoms. The van der Waals surface area contributed by atoms with Gasteiger partial charge in [-0.2, -0.15) is 0 Å². The molecule has 0 bridgehead atoms. The lowest BCUT2D eigenvalue weighted by atomic mass is 9.97. The van der Waals surface area contributed by atoms with Crippen LogP contribution in [-0.4, -0.2) is 48.2 Å². The molecule has 0 aromatic carbocycles. The number of alkyl carbamates (subject to hydrolysis) is 1. The summed E-state index contributed by atoms with van der Waals surface area (Å²) in [6.07, 6.45) is 5.93. The molecule has 0 unspecified atom stereocenters. The van der Waals surface area contributed by atoms with Gasteiger partial charge in [0.25, 0.3) is 5.91 Å². The van der Waals surface area contributed by atoms with E-state index in [1.165, 1.54) is 0 Å². The van der Waals surface area contributed by atoms with Gasteiger partial charge in [0.2, 0.25) is 5.95 Å². The van der Waals surface area contributed by atoms with Crippen molar-refractivity contribution in [3.8, 4) is 0 Å². The minimum Gasteiger partial charge on any atom is -0.439 e. The van der Waals surface area contributed by atoms with Gasteiger partial charge in [-0.3, -0.25) is 4.79 Å². The first kappa shape index (κ1) is 17.0. The van der Waals surface area contributed by atoms with Crippen LogP contribution < -0.4 is 16.0 Å². The SMILES string of the molecule is CCc1cnc(N2CCC(CNC(=O)OCC(N)=O)CC2)nc1. The van der Waals surface area contributed by atoms with Crippen LogP contribution in [-0.2, 0) is 16.0 Å². The molecular formula is C15H23N5O3. The van der Waals surface area contributed by atoms with Gasteiger partial charge in [0.05, 0.1) is 0 Å². The van der Waals surface area contributed by atoms with Crippen LogP contribution in [0.1, 0.15) is 25.3 Å². The second kappa shape index (κ2) is 8.30. The Labute approximate surface area is 135 Å². The number of ether oxygens (including phenoxy) is 1. The van der Waals surface area contributed by atoms with Crippen molar-refractivity contribution in [1.29, 1.82) is 0 Å². The molecule has 1 aromatic rings. The highest BCUT2D eigenvalue weighted by Crippen LogP contribution is 2.20. The molecular weight excluding hydrogens is 298 g/mol. The van der Waals surface area contributed by atoms with Crippen molar-refractivity contribution in [2.75, 3.05) is 31.1 Å². The summed E-state index contributed by atoms with van der Waals surface area (Å²) in [4.78, 5) is 32.8. The van der Waals surface area contributed by atoms with Gasteiger partial charge in [-0.25, -0.2) is 14.8 Å². The molecule has 1 saturated heterocycles.